The maximum Gasteiger partial charge on any atom is 0.237 e. The first kappa shape index (κ1) is 22.3. The molecule has 4 saturated carbocycles. The molecule has 6 rings (SSSR count). The highest BCUT2D eigenvalue weighted by molar-refractivity contribution is 7.91. The molecule has 5 fully saturated rings. The van der Waals surface area contributed by atoms with E-state index in [1.54, 1.807) is 12.1 Å². The van der Waals surface area contributed by atoms with Gasteiger partial charge in [0, 0.05) is 18.1 Å². The number of nitrogens with zero attached hydrogens (tertiary/aromatic N) is 2. The van der Waals surface area contributed by atoms with Crippen LogP contribution in [0.15, 0.2) is 24.3 Å². The Morgan fingerprint density at radius 2 is 1.66 bits per heavy atom. The van der Waals surface area contributed by atoms with Crippen LogP contribution in [0, 0.1) is 23.6 Å². The van der Waals surface area contributed by atoms with Crippen LogP contribution in [0.3, 0.4) is 0 Å². The van der Waals surface area contributed by atoms with Crippen molar-refractivity contribution in [1.29, 1.82) is 0 Å². The molecule has 1 saturated heterocycles. The molecule has 1 heterocycles. The van der Waals surface area contributed by atoms with E-state index >= 15 is 0 Å². The molecule has 0 unspecified atom stereocenters. The van der Waals surface area contributed by atoms with Gasteiger partial charge in [-0.05, 0) is 86.9 Å². The van der Waals surface area contributed by atoms with E-state index in [9.17, 15) is 17.6 Å². The number of sulfone groups is 1. The molecule has 0 aromatic heterocycles. The standard InChI is InChI=1S/C25H35FN2O3S/c1-2-27(23-7-8-32(30,31)17-23)16-24(29)28(15-18-3-5-22(26)6-4-18)25-12-19-9-20(13-25)11-21(10-19)14-25/h3-6,19-21,23H,2,7-17H2,1H3/t19?,20?,21?,23-,25?/m0/s1. The van der Waals surface area contributed by atoms with E-state index in [-0.39, 0.29) is 41.4 Å². The van der Waals surface area contributed by atoms with E-state index in [1.165, 1.54) is 31.4 Å². The number of carbonyl (C=O) groups is 1. The molecule has 4 bridgehead atoms. The SMILES string of the molecule is CCN(CC(=O)N(Cc1ccc(F)cc1)C12CC3CC(CC(C3)C1)C2)[C@H]1CCS(=O)(=O)C1. The van der Waals surface area contributed by atoms with Crippen molar-refractivity contribution < 1.29 is 17.6 Å². The molecule has 5 aliphatic rings. The normalized spacial score (nSPS) is 34.8. The Morgan fingerprint density at radius 3 is 2.16 bits per heavy atom. The summed E-state index contributed by atoms with van der Waals surface area (Å²) in [6.07, 6.45) is 7.76. The van der Waals surface area contributed by atoms with Gasteiger partial charge in [-0.2, -0.15) is 0 Å². The highest BCUT2D eigenvalue weighted by Crippen LogP contribution is 2.58. The number of amides is 1. The van der Waals surface area contributed by atoms with Crippen LogP contribution in [0.5, 0.6) is 0 Å². The summed E-state index contributed by atoms with van der Waals surface area (Å²) < 4.78 is 37.6. The molecule has 32 heavy (non-hydrogen) atoms. The summed E-state index contributed by atoms with van der Waals surface area (Å²) in [6, 6.07) is 6.45. The molecule has 1 amide bonds. The first-order valence-electron chi connectivity index (χ1n) is 12.2. The van der Waals surface area contributed by atoms with Crippen LogP contribution in [0.2, 0.25) is 0 Å². The summed E-state index contributed by atoms with van der Waals surface area (Å²) in [5.74, 6) is 2.36. The Kier molecular flexibility index (Phi) is 5.85. The van der Waals surface area contributed by atoms with Crippen molar-refractivity contribution in [2.75, 3.05) is 24.6 Å². The van der Waals surface area contributed by atoms with E-state index in [0.717, 1.165) is 24.8 Å². The van der Waals surface area contributed by atoms with E-state index in [1.807, 2.05) is 6.92 Å². The molecule has 1 aliphatic heterocycles. The minimum atomic E-state index is -3.00. The van der Waals surface area contributed by atoms with Crippen LogP contribution in [-0.4, -0.2) is 60.3 Å². The lowest BCUT2D eigenvalue weighted by Crippen LogP contribution is -2.62. The molecule has 176 valence electrons. The highest BCUT2D eigenvalue weighted by atomic mass is 32.2. The zero-order chi connectivity index (χ0) is 22.5. The summed E-state index contributed by atoms with van der Waals surface area (Å²) in [5.41, 5.74) is 0.864. The lowest BCUT2D eigenvalue weighted by Gasteiger charge is -2.60. The van der Waals surface area contributed by atoms with Gasteiger partial charge in [-0.15, -0.1) is 0 Å². The first-order valence-corrected chi connectivity index (χ1v) is 14.1. The first-order chi connectivity index (χ1) is 15.2. The lowest BCUT2D eigenvalue weighted by atomic mass is 9.52. The maximum atomic E-state index is 13.9. The third-order valence-electron chi connectivity index (χ3n) is 8.60. The van der Waals surface area contributed by atoms with Crippen LogP contribution in [0.1, 0.15) is 57.4 Å². The Hall–Kier alpha value is -1.47. The lowest BCUT2D eigenvalue weighted by molar-refractivity contribution is -0.154. The average Bonchev–Trinajstić information content (AvgIpc) is 3.09. The molecule has 4 aliphatic carbocycles. The largest absolute Gasteiger partial charge is 0.332 e. The van der Waals surface area contributed by atoms with Gasteiger partial charge < -0.3 is 4.90 Å². The Labute approximate surface area is 191 Å². The van der Waals surface area contributed by atoms with Crippen LogP contribution in [0.4, 0.5) is 4.39 Å². The zero-order valence-corrected chi connectivity index (χ0v) is 19.8. The van der Waals surface area contributed by atoms with Crippen LogP contribution in [0.25, 0.3) is 0 Å². The number of rotatable bonds is 7. The van der Waals surface area contributed by atoms with E-state index in [0.29, 0.717) is 37.3 Å². The number of halogens is 1. The summed E-state index contributed by atoms with van der Waals surface area (Å²) >= 11 is 0. The van der Waals surface area contributed by atoms with Gasteiger partial charge >= 0.3 is 0 Å². The van der Waals surface area contributed by atoms with Gasteiger partial charge in [-0.25, -0.2) is 12.8 Å². The van der Waals surface area contributed by atoms with E-state index < -0.39 is 9.84 Å². The molecule has 7 heteroatoms. The van der Waals surface area contributed by atoms with Crippen LogP contribution >= 0.6 is 0 Å². The third kappa shape index (κ3) is 4.35. The summed E-state index contributed by atoms with van der Waals surface area (Å²) in [4.78, 5) is 18.1. The van der Waals surface area contributed by atoms with Crippen molar-refractivity contribution in [3.05, 3.63) is 35.6 Å². The predicted octanol–water partition coefficient (Wildman–Crippen LogP) is 3.63. The van der Waals surface area contributed by atoms with Crippen molar-refractivity contribution in [2.45, 2.75) is 70.0 Å². The maximum absolute atomic E-state index is 13.9. The predicted molar refractivity (Wildman–Crippen MR) is 122 cm³/mol. The second-order valence-electron chi connectivity index (χ2n) is 10.9. The van der Waals surface area contributed by atoms with Gasteiger partial charge in [-0.3, -0.25) is 9.69 Å². The van der Waals surface area contributed by atoms with Crippen molar-refractivity contribution >= 4 is 15.7 Å². The van der Waals surface area contributed by atoms with Gasteiger partial charge in [-0.1, -0.05) is 19.1 Å². The van der Waals surface area contributed by atoms with Crippen molar-refractivity contribution in [1.82, 2.24) is 9.80 Å². The Morgan fingerprint density at radius 1 is 1.06 bits per heavy atom. The van der Waals surface area contributed by atoms with E-state index in [4.69, 9.17) is 0 Å². The number of hydrogen-bond acceptors (Lipinski definition) is 4. The van der Waals surface area contributed by atoms with Crippen molar-refractivity contribution in [3.8, 4) is 0 Å². The molecule has 1 aromatic carbocycles. The molecule has 1 aromatic rings. The summed E-state index contributed by atoms with van der Waals surface area (Å²) in [7, 11) is -3.00. The van der Waals surface area contributed by atoms with Crippen LogP contribution < -0.4 is 0 Å². The molecule has 0 N–H and O–H groups in total. The topological polar surface area (TPSA) is 57.7 Å². The minimum Gasteiger partial charge on any atom is -0.332 e. The van der Waals surface area contributed by atoms with Gasteiger partial charge in [0.05, 0.1) is 18.1 Å². The van der Waals surface area contributed by atoms with Crippen molar-refractivity contribution in [2.24, 2.45) is 17.8 Å². The number of hydrogen-bond donors (Lipinski definition) is 0. The monoisotopic (exact) mass is 462 g/mol. The summed E-state index contributed by atoms with van der Waals surface area (Å²) in [6.45, 7) is 3.44. The number of likely N-dealkylation sites (N-methyl/N-ethyl adjacent to an activating group) is 1. The number of benzene rings is 1. The van der Waals surface area contributed by atoms with E-state index in [2.05, 4.69) is 9.80 Å². The molecule has 1 atom stereocenters. The highest BCUT2D eigenvalue weighted by Gasteiger charge is 2.54. The zero-order valence-electron chi connectivity index (χ0n) is 19.0. The van der Waals surface area contributed by atoms with Gasteiger partial charge in [0.25, 0.3) is 0 Å². The molecular formula is C25H35FN2O3S. The number of carbonyl (C=O) groups excluding carboxylic acids is 1. The fourth-order valence-electron chi connectivity index (χ4n) is 7.51. The quantitative estimate of drug-likeness (QED) is 0.621. The Balaban J connectivity index is 1.40. The van der Waals surface area contributed by atoms with Crippen LogP contribution in [-0.2, 0) is 21.2 Å². The fourth-order valence-corrected chi connectivity index (χ4v) is 9.27. The third-order valence-corrected chi connectivity index (χ3v) is 10.4. The second kappa shape index (κ2) is 8.39. The fraction of sp³-hybridized carbons (Fsp3) is 0.720. The molecule has 0 spiro atoms. The minimum absolute atomic E-state index is 0.0713. The average molecular weight is 463 g/mol. The van der Waals surface area contributed by atoms with Gasteiger partial charge in [0.2, 0.25) is 5.91 Å². The summed E-state index contributed by atoms with van der Waals surface area (Å²) in [5, 5.41) is 0. The molecule has 5 nitrogen and oxygen atoms in total. The molecule has 0 radical (unpaired) electrons. The smallest absolute Gasteiger partial charge is 0.237 e. The van der Waals surface area contributed by atoms with Gasteiger partial charge in [0.1, 0.15) is 5.82 Å². The second-order valence-corrected chi connectivity index (χ2v) is 13.1. The van der Waals surface area contributed by atoms with Crippen molar-refractivity contribution in [3.63, 3.8) is 0 Å². The molecular weight excluding hydrogens is 427 g/mol. The van der Waals surface area contributed by atoms with Gasteiger partial charge in [0.15, 0.2) is 9.84 Å². The Bertz CT molecular complexity index is 927.